The third-order valence-corrected chi connectivity index (χ3v) is 4.62. The lowest BCUT2D eigenvalue weighted by Gasteiger charge is -2.21. The van der Waals surface area contributed by atoms with Crippen molar-refractivity contribution in [3.63, 3.8) is 0 Å². The van der Waals surface area contributed by atoms with Crippen LogP contribution in [0, 0.1) is 0 Å². The number of hydrogen-bond donors (Lipinski definition) is 2. The summed E-state index contributed by atoms with van der Waals surface area (Å²) in [4.78, 5) is 12.3. The van der Waals surface area contributed by atoms with Crippen LogP contribution in [-0.4, -0.2) is 11.9 Å². The Bertz CT molecular complexity index is 655. The second-order valence-corrected chi connectivity index (χ2v) is 6.53. The van der Waals surface area contributed by atoms with Crippen molar-refractivity contribution in [2.45, 2.75) is 39.3 Å². The molecule has 0 fully saturated rings. The van der Waals surface area contributed by atoms with Crippen LogP contribution in [0.2, 0.25) is 0 Å². The van der Waals surface area contributed by atoms with Crippen LogP contribution in [0.3, 0.4) is 0 Å². The van der Waals surface area contributed by atoms with E-state index in [1.54, 1.807) is 0 Å². The first kappa shape index (κ1) is 17.7. The maximum Gasteiger partial charge on any atom is 0.241 e. The maximum absolute atomic E-state index is 12.3. The van der Waals surface area contributed by atoms with Crippen LogP contribution >= 0.6 is 15.9 Å². The summed E-state index contributed by atoms with van der Waals surface area (Å²) in [6.07, 6.45) is 0.996. The molecule has 0 aromatic heterocycles. The minimum absolute atomic E-state index is 0.0341. The lowest BCUT2D eigenvalue weighted by atomic mass is 10.1. The average molecular weight is 375 g/mol. The minimum atomic E-state index is -0.289. The van der Waals surface area contributed by atoms with E-state index in [9.17, 15) is 4.79 Å². The minimum Gasteiger partial charge on any atom is -0.325 e. The van der Waals surface area contributed by atoms with Crippen LogP contribution in [0.4, 0.5) is 5.69 Å². The molecule has 4 heteroatoms. The van der Waals surface area contributed by atoms with Crippen LogP contribution in [-0.2, 0) is 11.2 Å². The van der Waals surface area contributed by atoms with Gasteiger partial charge in [0.25, 0.3) is 0 Å². The van der Waals surface area contributed by atoms with Crippen molar-refractivity contribution in [3.8, 4) is 0 Å². The van der Waals surface area contributed by atoms with E-state index in [4.69, 9.17) is 0 Å². The molecule has 0 saturated carbocycles. The summed E-state index contributed by atoms with van der Waals surface area (Å²) in [7, 11) is 0. The number of hydrogen-bond acceptors (Lipinski definition) is 2. The summed E-state index contributed by atoms with van der Waals surface area (Å²) < 4.78 is 1.04. The summed E-state index contributed by atoms with van der Waals surface area (Å²) >= 11 is 3.55. The number of carbonyl (C=O) groups is 1. The summed E-state index contributed by atoms with van der Waals surface area (Å²) in [5.74, 6) is -0.0341. The van der Waals surface area contributed by atoms with Crippen molar-refractivity contribution in [3.05, 3.63) is 64.1 Å². The van der Waals surface area contributed by atoms with E-state index in [1.165, 1.54) is 5.56 Å². The second-order valence-electron chi connectivity index (χ2n) is 5.67. The van der Waals surface area contributed by atoms with Gasteiger partial charge in [0.1, 0.15) is 0 Å². The third kappa shape index (κ3) is 4.91. The number of carbonyl (C=O) groups excluding carboxylic acids is 1. The highest BCUT2D eigenvalue weighted by Gasteiger charge is 2.17. The van der Waals surface area contributed by atoms with Crippen LogP contribution in [0.15, 0.2) is 53.0 Å². The Balaban J connectivity index is 1.95. The van der Waals surface area contributed by atoms with Crippen LogP contribution in [0.25, 0.3) is 0 Å². The number of aryl methyl sites for hydroxylation is 1. The average Bonchev–Trinajstić information content (AvgIpc) is 2.55. The number of benzene rings is 2. The zero-order chi connectivity index (χ0) is 16.8. The topological polar surface area (TPSA) is 41.1 Å². The Morgan fingerprint density at radius 2 is 1.74 bits per heavy atom. The number of anilines is 1. The van der Waals surface area contributed by atoms with Crippen molar-refractivity contribution in [1.82, 2.24) is 5.32 Å². The fourth-order valence-electron chi connectivity index (χ4n) is 2.44. The molecule has 0 heterocycles. The van der Waals surface area contributed by atoms with Crippen molar-refractivity contribution in [2.75, 3.05) is 5.32 Å². The Hall–Kier alpha value is -1.65. The van der Waals surface area contributed by atoms with Gasteiger partial charge < -0.3 is 5.32 Å². The van der Waals surface area contributed by atoms with E-state index in [2.05, 4.69) is 46.5 Å². The molecule has 0 spiro atoms. The molecular weight excluding hydrogens is 352 g/mol. The normalized spacial score (nSPS) is 13.4. The van der Waals surface area contributed by atoms with E-state index in [1.807, 2.05) is 49.4 Å². The summed E-state index contributed by atoms with van der Waals surface area (Å²) in [6, 6.07) is 15.8. The van der Waals surface area contributed by atoms with E-state index >= 15 is 0 Å². The first-order valence-electron chi connectivity index (χ1n) is 7.91. The van der Waals surface area contributed by atoms with Crippen LogP contribution in [0.5, 0.6) is 0 Å². The van der Waals surface area contributed by atoms with E-state index in [0.29, 0.717) is 0 Å². The van der Waals surface area contributed by atoms with Crippen LogP contribution < -0.4 is 10.6 Å². The number of rotatable bonds is 6. The molecule has 2 aromatic rings. The first-order chi connectivity index (χ1) is 11.0. The predicted octanol–water partition coefficient (Wildman–Crippen LogP) is 4.69. The quantitative estimate of drug-likeness (QED) is 0.769. The molecule has 0 saturated heterocycles. The van der Waals surface area contributed by atoms with Crippen molar-refractivity contribution >= 4 is 27.5 Å². The van der Waals surface area contributed by atoms with Gasteiger partial charge in [-0.2, -0.15) is 0 Å². The van der Waals surface area contributed by atoms with Gasteiger partial charge in [-0.3, -0.25) is 10.1 Å². The lowest BCUT2D eigenvalue weighted by Crippen LogP contribution is -2.39. The fourth-order valence-corrected chi connectivity index (χ4v) is 3.07. The van der Waals surface area contributed by atoms with Gasteiger partial charge in [-0.1, -0.05) is 53.2 Å². The second kappa shape index (κ2) is 8.27. The highest BCUT2D eigenvalue weighted by atomic mass is 79.9. The molecule has 0 aliphatic rings. The highest BCUT2D eigenvalue weighted by Crippen LogP contribution is 2.23. The van der Waals surface area contributed by atoms with E-state index < -0.39 is 0 Å². The molecule has 2 rings (SSSR count). The molecule has 0 unspecified atom stereocenters. The third-order valence-electron chi connectivity index (χ3n) is 3.89. The monoisotopic (exact) mass is 374 g/mol. The van der Waals surface area contributed by atoms with Gasteiger partial charge in [0.2, 0.25) is 5.91 Å². The van der Waals surface area contributed by atoms with Crippen molar-refractivity contribution < 1.29 is 4.79 Å². The van der Waals surface area contributed by atoms with Crippen molar-refractivity contribution in [1.29, 1.82) is 0 Å². The summed E-state index contributed by atoms with van der Waals surface area (Å²) in [5.41, 5.74) is 3.23. The number of nitrogens with one attached hydrogen (secondary N) is 2. The molecule has 0 radical (unpaired) electrons. The molecule has 2 atom stereocenters. The molecule has 0 bridgehead atoms. The highest BCUT2D eigenvalue weighted by molar-refractivity contribution is 9.10. The van der Waals surface area contributed by atoms with Gasteiger partial charge in [-0.25, -0.2) is 0 Å². The summed E-state index contributed by atoms with van der Waals surface area (Å²) in [5, 5.41) is 6.29. The molecule has 23 heavy (non-hydrogen) atoms. The van der Waals surface area contributed by atoms with Gasteiger partial charge in [0, 0.05) is 16.2 Å². The van der Waals surface area contributed by atoms with Gasteiger partial charge >= 0.3 is 0 Å². The van der Waals surface area contributed by atoms with Gasteiger partial charge in [-0.05, 0) is 49.6 Å². The molecule has 1 amide bonds. The molecule has 0 aliphatic carbocycles. The molecule has 2 N–H and O–H groups in total. The summed E-state index contributed by atoms with van der Waals surface area (Å²) in [6.45, 7) is 6.05. The molecule has 3 nitrogen and oxygen atoms in total. The molecule has 2 aromatic carbocycles. The van der Waals surface area contributed by atoms with Gasteiger partial charge in [-0.15, -0.1) is 0 Å². The maximum atomic E-state index is 12.3. The first-order valence-corrected chi connectivity index (χ1v) is 8.70. The SMILES string of the molecule is CCc1ccc(NC(=O)[C@@H](C)N[C@@H](C)c2ccccc2Br)cc1. The Morgan fingerprint density at radius 1 is 1.09 bits per heavy atom. The molecular formula is C19H23BrN2O. The van der Waals surface area contributed by atoms with Crippen LogP contribution in [0.1, 0.15) is 37.9 Å². The molecule has 122 valence electrons. The Morgan fingerprint density at radius 3 is 2.35 bits per heavy atom. The number of amides is 1. The smallest absolute Gasteiger partial charge is 0.241 e. The standard InChI is InChI=1S/C19H23BrN2O/c1-4-15-9-11-16(12-10-15)22-19(23)14(3)21-13(2)17-7-5-6-8-18(17)20/h5-14,21H,4H2,1-3H3,(H,22,23)/t13-,14+/m0/s1. The lowest BCUT2D eigenvalue weighted by molar-refractivity contribution is -0.117. The van der Waals surface area contributed by atoms with Gasteiger partial charge in [0.15, 0.2) is 0 Å². The fraction of sp³-hybridized carbons (Fsp3) is 0.316. The van der Waals surface area contributed by atoms with Gasteiger partial charge in [0.05, 0.1) is 6.04 Å². The predicted molar refractivity (Wildman–Crippen MR) is 99.6 cm³/mol. The zero-order valence-electron chi connectivity index (χ0n) is 13.8. The Labute approximate surface area is 146 Å². The molecule has 0 aliphatic heterocycles. The number of halogens is 1. The van der Waals surface area contributed by atoms with E-state index in [0.717, 1.165) is 22.1 Å². The van der Waals surface area contributed by atoms with Crippen molar-refractivity contribution in [2.24, 2.45) is 0 Å². The van der Waals surface area contributed by atoms with E-state index in [-0.39, 0.29) is 18.0 Å². The Kier molecular flexibility index (Phi) is 6.37. The largest absolute Gasteiger partial charge is 0.325 e. The zero-order valence-corrected chi connectivity index (χ0v) is 15.4.